The molecule has 2 aliphatic heterocycles. The lowest BCUT2D eigenvalue weighted by Gasteiger charge is -2.39. The number of nitrogens with zero attached hydrogens (tertiary/aromatic N) is 2. The number of piperazine rings is 1. The zero-order valence-electron chi connectivity index (χ0n) is 11.3. The van der Waals surface area contributed by atoms with E-state index in [0.29, 0.717) is 25.0 Å². The summed E-state index contributed by atoms with van der Waals surface area (Å²) in [4.78, 5) is 27.5. The fourth-order valence-corrected chi connectivity index (χ4v) is 2.75. The second-order valence-electron chi connectivity index (χ2n) is 5.44. The maximum atomic E-state index is 12.3. The molecule has 0 aromatic rings. The minimum Gasteiger partial charge on any atom is -0.338 e. The van der Waals surface area contributed by atoms with Gasteiger partial charge in [0.2, 0.25) is 11.8 Å². The van der Waals surface area contributed by atoms with Crippen LogP contribution in [0.2, 0.25) is 0 Å². The van der Waals surface area contributed by atoms with E-state index >= 15 is 0 Å². The van der Waals surface area contributed by atoms with Crippen LogP contribution in [0.5, 0.6) is 0 Å². The number of carbonyl (C=O) groups excluding carboxylic acids is 2. The summed E-state index contributed by atoms with van der Waals surface area (Å²) >= 11 is 0. The van der Waals surface area contributed by atoms with Gasteiger partial charge in [-0.05, 0) is 25.7 Å². The van der Waals surface area contributed by atoms with Gasteiger partial charge in [-0.2, -0.15) is 0 Å². The third-order valence-corrected chi connectivity index (χ3v) is 4.21. The molecule has 1 N–H and O–H groups in total. The molecule has 0 radical (unpaired) electrons. The maximum absolute atomic E-state index is 12.3. The van der Waals surface area contributed by atoms with Crippen LogP contribution in [0.4, 0.5) is 0 Å². The van der Waals surface area contributed by atoms with Crippen LogP contribution in [-0.4, -0.2) is 60.4 Å². The molecule has 0 bridgehead atoms. The Hall–Kier alpha value is -1.10. The molecular formula is C13H23N3O2. The van der Waals surface area contributed by atoms with Gasteiger partial charge in [0.25, 0.3) is 0 Å². The number of hydrogen-bond donors (Lipinski definition) is 1. The zero-order valence-corrected chi connectivity index (χ0v) is 11.3. The predicted molar refractivity (Wildman–Crippen MR) is 69.0 cm³/mol. The van der Waals surface area contributed by atoms with E-state index in [1.807, 2.05) is 4.90 Å². The van der Waals surface area contributed by atoms with Crippen LogP contribution in [-0.2, 0) is 9.59 Å². The molecule has 18 heavy (non-hydrogen) atoms. The number of piperidine rings is 1. The predicted octanol–water partition coefficient (Wildman–Crippen LogP) is 0.0652. The van der Waals surface area contributed by atoms with E-state index in [-0.39, 0.29) is 18.4 Å². The molecular weight excluding hydrogens is 230 g/mol. The monoisotopic (exact) mass is 253 g/mol. The molecule has 0 unspecified atom stereocenters. The Morgan fingerprint density at radius 2 is 2.17 bits per heavy atom. The van der Waals surface area contributed by atoms with E-state index < -0.39 is 0 Å². The molecule has 5 nitrogen and oxygen atoms in total. The Balaban J connectivity index is 1.92. The summed E-state index contributed by atoms with van der Waals surface area (Å²) in [6, 6.07) is 0.296. The number of likely N-dealkylation sites (tertiary alicyclic amines) is 1. The van der Waals surface area contributed by atoms with E-state index in [2.05, 4.69) is 19.2 Å². The average Bonchev–Trinajstić information content (AvgIpc) is 2.35. The van der Waals surface area contributed by atoms with Crippen LogP contribution in [0.3, 0.4) is 0 Å². The van der Waals surface area contributed by atoms with E-state index in [4.69, 9.17) is 0 Å². The van der Waals surface area contributed by atoms with Crippen molar-refractivity contribution >= 4 is 11.8 Å². The molecule has 0 aromatic carbocycles. The number of nitrogens with one attached hydrogen (secondary N) is 1. The van der Waals surface area contributed by atoms with Gasteiger partial charge in [-0.3, -0.25) is 9.59 Å². The minimum absolute atomic E-state index is 0.0345. The Kier molecular flexibility index (Phi) is 4.22. The molecule has 2 atom stereocenters. The smallest absolute Gasteiger partial charge is 0.242 e. The fraction of sp³-hybridized carbons (Fsp3) is 0.846. The topological polar surface area (TPSA) is 52.7 Å². The van der Waals surface area contributed by atoms with Crippen molar-refractivity contribution in [3.63, 3.8) is 0 Å². The first-order valence-corrected chi connectivity index (χ1v) is 6.87. The van der Waals surface area contributed by atoms with Crippen molar-refractivity contribution in [3.8, 4) is 0 Å². The van der Waals surface area contributed by atoms with Gasteiger partial charge >= 0.3 is 0 Å². The largest absolute Gasteiger partial charge is 0.338 e. The van der Waals surface area contributed by atoms with Gasteiger partial charge in [0.05, 0.1) is 13.1 Å². The van der Waals surface area contributed by atoms with Crippen LogP contribution < -0.4 is 5.32 Å². The van der Waals surface area contributed by atoms with Gasteiger partial charge in [0, 0.05) is 25.7 Å². The van der Waals surface area contributed by atoms with Crippen molar-refractivity contribution in [1.29, 1.82) is 0 Å². The molecule has 2 amide bonds. The normalized spacial score (nSPS) is 29.6. The number of rotatable bonds is 2. The highest BCUT2D eigenvalue weighted by Crippen LogP contribution is 2.22. The molecule has 0 aromatic heterocycles. The molecule has 5 heteroatoms. The number of hydrogen-bond acceptors (Lipinski definition) is 3. The average molecular weight is 253 g/mol. The van der Waals surface area contributed by atoms with Gasteiger partial charge < -0.3 is 15.1 Å². The van der Waals surface area contributed by atoms with Crippen molar-refractivity contribution in [2.45, 2.75) is 32.7 Å². The number of carbonyl (C=O) groups is 2. The van der Waals surface area contributed by atoms with Crippen LogP contribution in [0, 0.1) is 5.92 Å². The highest BCUT2D eigenvalue weighted by molar-refractivity contribution is 5.86. The van der Waals surface area contributed by atoms with Crippen LogP contribution in [0.25, 0.3) is 0 Å². The molecule has 102 valence electrons. The molecule has 2 fully saturated rings. The summed E-state index contributed by atoms with van der Waals surface area (Å²) in [5.41, 5.74) is 0. The van der Waals surface area contributed by atoms with Crippen LogP contribution in [0.1, 0.15) is 26.7 Å². The van der Waals surface area contributed by atoms with E-state index in [0.717, 1.165) is 19.5 Å². The zero-order chi connectivity index (χ0) is 13.1. The highest BCUT2D eigenvalue weighted by Gasteiger charge is 2.30. The molecule has 0 saturated carbocycles. The summed E-state index contributed by atoms with van der Waals surface area (Å²) in [5, 5.41) is 3.02. The first-order chi connectivity index (χ1) is 8.59. The van der Waals surface area contributed by atoms with Gasteiger partial charge in [-0.15, -0.1) is 0 Å². The lowest BCUT2D eigenvalue weighted by atomic mass is 9.92. The Morgan fingerprint density at radius 1 is 1.39 bits per heavy atom. The lowest BCUT2D eigenvalue weighted by Crippen LogP contribution is -2.54. The standard InChI is InChI=1S/C13H23N3O2/c1-10-4-3-6-16(11(10)2)13(18)9-15-7-5-14-8-12(15)17/h10-11,14H,3-9H2,1-2H3/t10-,11-/m1/s1. The van der Waals surface area contributed by atoms with Crippen LogP contribution in [0.15, 0.2) is 0 Å². The SMILES string of the molecule is C[C@@H]1CCCN(C(=O)CN2CCNCC2=O)[C@@H]1C. The first-order valence-electron chi connectivity index (χ1n) is 6.87. The van der Waals surface area contributed by atoms with Crippen molar-refractivity contribution in [2.75, 3.05) is 32.7 Å². The summed E-state index contributed by atoms with van der Waals surface area (Å²) in [6.45, 7) is 7.18. The molecule has 2 rings (SSSR count). The van der Waals surface area contributed by atoms with Crippen molar-refractivity contribution in [2.24, 2.45) is 5.92 Å². The van der Waals surface area contributed by atoms with Crippen molar-refractivity contribution < 1.29 is 9.59 Å². The van der Waals surface area contributed by atoms with Gasteiger partial charge in [0.15, 0.2) is 0 Å². The highest BCUT2D eigenvalue weighted by atomic mass is 16.2. The van der Waals surface area contributed by atoms with Gasteiger partial charge in [-0.1, -0.05) is 6.92 Å². The maximum Gasteiger partial charge on any atom is 0.242 e. The van der Waals surface area contributed by atoms with E-state index in [1.54, 1.807) is 4.90 Å². The lowest BCUT2D eigenvalue weighted by molar-refractivity contribution is -0.143. The molecule has 2 aliphatic rings. The van der Waals surface area contributed by atoms with E-state index in [1.165, 1.54) is 6.42 Å². The van der Waals surface area contributed by atoms with Gasteiger partial charge in [-0.25, -0.2) is 0 Å². The quantitative estimate of drug-likeness (QED) is 0.757. The summed E-state index contributed by atoms with van der Waals surface area (Å²) in [5.74, 6) is 0.693. The van der Waals surface area contributed by atoms with E-state index in [9.17, 15) is 9.59 Å². The summed E-state index contributed by atoms with van der Waals surface area (Å²) in [7, 11) is 0. The van der Waals surface area contributed by atoms with Crippen molar-refractivity contribution in [1.82, 2.24) is 15.1 Å². The minimum atomic E-state index is 0.0345. The van der Waals surface area contributed by atoms with Crippen molar-refractivity contribution in [3.05, 3.63) is 0 Å². The molecule has 2 heterocycles. The Labute approximate surface area is 108 Å². The second kappa shape index (κ2) is 5.69. The van der Waals surface area contributed by atoms with Crippen LogP contribution >= 0.6 is 0 Å². The Morgan fingerprint density at radius 3 is 2.89 bits per heavy atom. The third kappa shape index (κ3) is 2.83. The fourth-order valence-electron chi connectivity index (χ4n) is 2.75. The molecule has 0 aliphatic carbocycles. The molecule has 2 saturated heterocycles. The Bertz CT molecular complexity index is 332. The summed E-state index contributed by atoms with van der Waals surface area (Å²) < 4.78 is 0. The molecule has 0 spiro atoms. The first kappa shape index (κ1) is 13.3. The third-order valence-electron chi connectivity index (χ3n) is 4.21. The number of amides is 2. The second-order valence-corrected chi connectivity index (χ2v) is 5.44. The summed E-state index contributed by atoms with van der Waals surface area (Å²) in [6.07, 6.45) is 2.27. The van der Waals surface area contributed by atoms with Gasteiger partial charge in [0.1, 0.15) is 0 Å².